The first kappa shape index (κ1) is 11.9. The minimum absolute atomic E-state index is 0.789. The van der Waals surface area contributed by atoms with Crippen molar-refractivity contribution in [3.8, 4) is 22.6 Å². The lowest BCUT2D eigenvalue weighted by Crippen LogP contribution is -1.82. The fraction of sp³-hybridized carbons (Fsp3) is 0.0588. The third-order valence-electron chi connectivity index (χ3n) is 3.51. The molecule has 2 aromatic carbocycles. The van der Waals surface area contributed by atoms with Gasteiger partial charge in [-0.1, -0.05) is 23.8 Å². The van der Waals surface area contributed by atoms with E-state index < -0.39 is 0 Å². The van der Waals surface area contributed by atoms with Crippen LogP contribution in [-0.4, -0.2) is 15.0 Å². The number of hydrogen-bond donors (Lipinski definition) is 1. The Labute approximate surface area is 121 Å². The molecule has 0 amide bonds. The lowest BCUT2D eigenvalue weighted by atomic mass is 10.1. The SMILES string of the molecule is Cc1cccc(-c2ncc(-c3ccc4ocnc4c3)[nH]2)c1. The van der Waals surface area contributed by atoms with Gasteiger partial charge in [-0.15, -0.1) is 0 Å². The van der Waals surface area contributed by atoms with E-state index in [-0.39, 0.29) is 0 Å². The predicted octanol–water partition coefficient (Wildman–Crippen LogP) is 4.19. The number of H-pyrrole nitrogens is 1. The smallest absolute Gasteiger partial charge is 0.181 e. The molecule has 0 bridgehead atoms. The Morgan fingerprint density at radius 1 is 1.00 bits per heavy atom. The van der Waals surface area contributed by atoms with Gasteiger partial charge in [0.2, 0.25) is 0 Å². The molecular formula is C17H13N3O. The van der Waals surface area contributed by atoms with E-state index in [2.05, 4.69) is 40.1 Å². The van der Waals surface area contributed by atoms with E-state index in [1.54, 1.807) is 0 Å². The number of fused-ring (bicyclic) bond motifs is 1. The summed E-state index contributed by atoms with van der Waals surface area (Å²) in [6, 6.07) is 14.2. The number of hydrogen-bond acceptors (Lipinski definition) is 3. The van der Waals surface area contributed by atoms with Crippen LogP contribution in [0.15, 0.2) is 59.5 Å². The zero-order chi connectivity index (χ0) is 14.2. The van der Waals surface area contributed by atoms with Crippen molar-refractivity contribution in [1.82, 2.24) is 15.0 Å². The second kappa shape index (κ2) is 4.59. The van der Waals surface area contributed by atoms with Crippen molar-refractivity contribution in [2.24, 2.45) is 0 Å². The molecule has 0 saturated carbocycles. The third-order valence-corrected chi connectivity index (χ3v) is 3.51. The summed E-state index contributed by atoms with van der Waals surface area (Å²) in [6.07, 6.45) is 3.30. The number of aromatic amines is 1. The van der Waals surface area contributed by atoms with E-state index in [4.69, 9.17) is 4.42 Å². The monoisotopic (exact) mass is 275 g/mol. The van der Waals surface area contributed by atoms with Gasteiger partial charge in [-0.05, 0) is 31.2 Å². The lowest BCUT2D eigenvalue weighted by Gasteiger charge is -1.99. The molecule has 0 aliphatic carbocycles. The first-order chi connectivity index (χ1) is 10.3. The Morgan fingerprint density at radius 2 is 1.95 bits per heavy atom. The topological polar surface area (TPSA) is 54.7 Å². The van der Waals surface area contributed by atoms with Crippen molar-refractivity contribution in [2.45, 2.75) is 6.92 Å². The van der Waals surface area contributed by atoms with E-state index >= 15 is 0 Å². The van der Waals surface area contributed by atoms with Gasteiger partial charge in [0.05, 0.1) is 11.9 Å². The highest BCUT2D eigenvalue weighted by molar-refractivity contribution is 5.79. The van der Waals surface area contributed by atoms with Crippen LogP contribution in [0.25, 0.3) is 33.7 Å². The molecule has 0 aliphatic rings. The van der Waals surface area contributed by atoms with Gasteiger partial charge in [-0.25, -0.2) is 9.97 Å². The molecule has 0 saturated heterocycles. The van der Waals surface area contributed by atoms with E-state index in [9.17, 15) is 0 Å². The van der Waals surface area contributed by atoms with Crippen LogP contribution < -0.4 is 0 Å². The number of nitrogens with one attached hydrogen (secondary N) is 1. The van der Waals surface area contributed by atoms with Gasteiger partial charge in [-0.2, -0.15) is 0 Å². The summed E-state index contributed by atoms with van der Waals surface area (Å²) in [4.78, 5) is 12.0. The van der Waals surface area contributed by atoms with Crippen molar-refractivity contribution in [1.29, 1.82) is 0 Å². The highest BCUT2D eigenvalue weighted by atomic mass is 16.3. The first-order valence-electron chi connectivity index (χ1n) is 6.75. The summed E-state index contributed by atoms with van der Waals surface area (Å²) < 4.78 is 5.26. The second-order valence-electron chi connectivity index (χ2n) is 5.05. The minimum Gasteiger partial charge on any atom is -0.443 e. The van der Waals surface area contributed by atoms with E-state index in [0.717, 1.165) is 33.7 Å². The van der Waals surface area contributed by atoms with Crippen LogP contribution in [0.1, 0.15) is 5.56 Å². The lowest BCUT2D eigenvalue weighted by molar-refractivity contribution is 0.602. The van der Waals surface area contributed by atoms with Gasteiger partial charge in [0, 0.05) is 11.1 Å². The van der Waals surface area contributed by atoms with Crippen molar-refractivity contribution >= 4 is 11.1 Å². The molecule has 21 heavy (non-hydrogen) atoms. The second-order valence-corrected chi connectivity index (χ2v) is 5.05. The number of aryl methyl sites for hydroxylation is 1. The number of imidazole rings is 1. The Bertz CT molecular complexity index is 920. The Balaban J connectivity index is 1.76. The molecule has 0 spiro atoms. The molecule has 2 aromatic heterocycles. The van der Waals surface area contributed by atoms with Crippen LogP contribution in [-0.2, 0) is 0 Å². The van der Waals surface area contributed by atoms with E-state index in [1.807, 2.05) is 30.5 Å². The van der Waals surface area contributed by atoms with Gasteiger partial charge in [0.25, 0.3) is 0 Å². The maximum absolute atomic E-state index is 5.26. The summed E-state index contributed by atoms with van der Waals surface area (Å²) in [5.74, 6) is 0.869. The first-order valence-corrected chi connectivity index (χ1v) is 6.75. The molecule has 4 heteroatoms. The molecule has 2 heterocycles. The summed E-state index contributed by atoms with van der Waals surface area (Å²) in [5, 5.41) is 0. The van der Waals surface area contributed by atoms with Crippen LogP contribution in [0.4, 0.5) is 0 Å². The van der Waals surface area contributed by atoms with Gasteiger partial charge < -0.3 is 9.40 Å². The number of benzene rings is 2. The van der Waals surface area contributed by atoms with Crippen LogP contribution in [0.5, 0.6) is 0 Å². The standard InChI is InChI=1S/C17H13N3O/c1-11-3-2-4-13(7-11)17-18-9-15(20-17)12-5-6-16-14(8-12)19-10-21-16/h2-10H,1H3,(H,18,20). The van der Waals surface area contributed by atoms with Gasteiger partial charge >= 0.3 is 0 Å². The summed E-state index contributed by atoms with van der Waals surface area (Å²) in [6.45, 7) is 2.08. The highest BCUT2D eigenvalue weighted by Crippen LogP contribution is 2.25. The van der Waals surface area contributed by atoms with Gasteiger partial charge in [-0.3, -0.25) is 0 Å². The summed E-state index contributed by atoms with van der Waals surface area (Å²) >= 11 is 0. The molecule has 0 atom stereocenters. The predicted molar refractivity (Wildman–Crippen MR) is 81.8 cm³/mol. The summed E-state index contributed by atoms with van der Waals surface area (Å²) in [7, 11) is 0. The number of nitrogens with zero attached hydrogens (tertiary/aromatic N) is 2. The fourth-order valence-electron chi connectivity index (χ4n) is 2.43. The fourth-order valence-corrected chi connectivity index (χ4v) is 2.43. The van der Waals surface area contributed by atoms with Crippen molar-refractivity contribution in [2.75, 3.05) is 0 Å². The van der Waals surface area contributed by atoms with Gasteiger partial charge in [0.15, 0.2) is 12.0 Å². The van der Waals surface area contributed by atoms with Gasteiger partial charge in [0.1, 0.15) is 11.3 Å². The van der Waals surface area contributed by atoms with Crippen molar-refractivity contribution < 1.29 is 4.42 Å². The zero-order valence-corrected chi connectivity index (χ0v) is 11.5. The number of rotatable bonds is 2. The van der Waals surface area contributed by atoms with Crippen molar-refractivity contribution in [3.05, 3.63) is 60.6 Å². The molecule has 0 aliphatic heterocycles. The molecule has 0 unspecified atom stereocenters. The van der Waals surface area contributed by atoms with Crippen molar-refractivity contribution in [3.63, 3.8) is 0 Å². The molecule has 4 nitrogen and oxygen atoms in total. The largest absolute Gasteiger partial charge is 0.443 e. The number of aromatic nitrogens is 3. The maximum Gasteiger partial charge on any atom is 0.181 e. The van der Waals surface area contributed by atoms with Crippen LogP contribution in [0.2, 0.25) is 0 Å². The van der Waals surface area contributed by atoms with E-state index in [0.29, 0.717) is 0 Å². The summed E-state index contributed by atoms with van der Waals surface area (Å²) in [5.41, 5.74) is 5.95. The molecule has 102 valence electrons. The Morgan fingerprint density at radius 3 is 2.86 bits per heavy atom. The average molecular weight is 275 g/mol. The normalized spacial score (nSPS) is 11.1. The maximum atomic E-state index is 5.26. The van der Waals surface area contributed by atoms with Crippen LogP contribution in [0.3, 0.4) is 0 Å². The average Bonchev–Trinajstić information content (AvgIpc) is 3.15. The minimum atomic E-state index is 0.789. The molecule has 4 rings (SSSR count). The van der Waals surface area contributed by atoms with Crippen LogP contribution >= 0.6 is 0 Å². The Kier molecular flexibility index (Phi) is 2.60. The molecular weight excluding hydrogens is 262 g/mol. The third kappa shape index (κ3) is 2.10. The number of oxazole rings is 1. The molecule has 0 fully saturated rings. The zero-order valence-electron chi connectivity index (χ0n) is 11.5. The molecule has 1 N–H and O–H groups in total. The highest BCUT2D eigenvalue weighted by Gasteiger charge is 2.07. The molecule has 4 aromatic rings. The van der Waals surface area contributed by atoms with E-state index in [1.165, 1.54) is 12.0 Å². The Hall–Kier alpha value is -2.88. The van der Waals surface area contributed by atoms with Crippen LogP contribution in [0, 0.1) is 6.92 Å². The molecule has 0 radical (unpaired) electrons. The quantitative estimate of drug-likeness (QED) is 0.596.